The van der Waals surface area contributed by atoms with Crippen molar-refractivity contribution in [3.8, 4) is 0 Å². The van der Waals surface area contributed by atoms with Gasteiger partial charge in [-0.15, -0.1) is 0 Å². The average Bonchev–Trinajstić information content (AvgIpc) is 3.27. The van der Waals surface area contributed by atoms with Gasteiger partial charge >= 0.3 is 0 Å². The molecule has 1 unspecified atom stereocenters. The molecule has 2 aliphatic heterocycles. The first-order valence-electron chi connectivity index (χ1n) is 9.42. The molecule has 27 heavy (non-hydrogen) atoms. The SMILES string of the molecule is CC1(C(=O)N2C[C@@H]3C(C(=O)NCc4cccnc4)=NO[C@@H]3C2)CC=CCC1. The molecule has 1 saturated heterocycles. The fourth-order valence-corrected chi connectivity index (χ4v) is 4.03. The van der Waals surface area contributed by atoms with Gasteiger partial charge in [-0.3, -0.25) is 14.6 Å². The van der Waals surface area contributed by atoms with Crippen LogP contribution in [0.25, 0.3) is 0 Å². The molecular formula is C20H24N4O3. The lowest BCUT2D eigenvalue weighted by Gasteiger charge is -2.33. The van der Waals surface area contributed by atoms with Crippen LogP contribution in [0.2, 0.25) is 0 Å². The summed E-state index contributed by atoms with van der Waals surface area (Å²) in [6.07, 6.45) is 9.97. The largest absolute Gasteiger partial charge is 0.389 e. The van der Waals surface area contributed by atoms with Crippen LogP contribution >= 0.6 is 0 Å². The van der Waals surface area contributed by atoms with Crippen LogP contribution in [-0.2, 0) is 21.0 Å². The highest BCUT2D eigenvalue weighted by atomic mass is 16.6. The van der Waals surface area contributed by atoms with E-state index >= 15 is 0 Å². The van der Waals surface area contributed by atoms with Crippen LogP contribution in [0.5, 0.6) is 0 Å². The molecule has 7 nitrogen and oxygen atoms in total. The van der Waals surface area contributed by atoms with Gasteiger partial charge in [-0.2, -0.15) is 0 Å². The minimum Gasteiger partial charge on any atom is -0.389 e. The number of pyridine rings is 1. The zero-order valence-corrected chi connectivity index (χ0v) is 15.4. The molecule has 2 amide bonds. The number of allylic oxidation sites excluding steroid dienone is 2. The van der Waals surface area contributed by atoms with Crippen molar-refractivity contribution in [1.82, 2.24) is 15.2 Å². The maximum absolute atomic E-state index is 13.0. The number of nitrogens with one attached hydrogen (secondary N) is 1. The lowest BCUT2D eigenvalue weighted by molar-refractivity contribution is -0.141. The number of hydrogen-bond donors (Lipinski definition) is 1. The molecule has 0 saturated carbocycles. The van der Waals surface area contributed by atoms with E-state index in [-0.39, 0.29) is 29.3 Å². The number of fused-ring (bicyclic) bond motifs is 1. The first-order valence-corrected chi connectivity index (χ1v) is 9.42. The van der Waals surface area contributed by atoms with Gasteiger partial charge < -0.3 is 15.1 Å². The van der Waals surface area contributed by atoms with Crippen LogP contribution in [0.15, 0.2) is 41.8 Å². The van der Waals surface area contributed by atoms with Gasteiger partial charge in [0.15, 0.2) is 11.8 Å². The van der Waals surface area contributed by atoms with Gasteiger partial charge in [-0.05, 0) is 30.9 Å². The molecular weight excluding hydrogens is 344 g/mol. The molecule has 0 bridgehead atoms. The molecule has 0 spiro atoms. The third-order valence-corrected chi connectivity index (χ3v) is 5.71. The minimum atomic E-state index is -0.354. The number of aromatic nitrogens is 1. The number of amides is 2. The molecule has 142 valence electrons. The number of carbonyl (C=O) groups is 2. The summed E-state index contributed by atoms with van der Waals surface area (Å²) in [6.45, 7) is 3.40. The lowest BCUT2D eigenvalue weighted by atomic mass is 9.78. The van der Waals surface area contributed by atoms with Gasteiger partial charge in [-0.25, -0.2) is 0 Å². The Morgan fingerprint density at radius 2 is 2.26 bits per heavy atom. The quantitative estimate of drug-likeness (QED) is 0.819. The van der Waals surface area contributed by atoms with E-state index in [4.69, 9.17) is 4.84 Å². The van der Waals surface area contributed by atoms with Gasteiger partial charge in [0.1, 0.15) is 0 Å². The second kappa shape index (κ2) is 7.13. The van der Waals surface area contributed by atoms with Crippen molar-refractivity contribution in [3.05, 3.63) is 42.2 Å². The van der Waals surface area contributed by atoms with Gasteiger partial charge in [0.25, 0.3) is 5.91 Å². The monoisotopic (exact) mass is 368 g/mol. The highest BCUT2D eigenvalue weighted by Crippen LogP contribution is 2.37. The van der Waals surface area contributed by atoms with Crippen LogP contribution in [0.1, 0.15) is 31.7 Å². The summed E-state index contributed by atoms with van der Waals surface area (Å²) < 4.78 is 0. The maximum atomic E-state index is 13.0. The normalized spacial score (nSPS) is 29.1. The smallest absolute Gasteiger partial charge is 0.269 e. The number of rotatable bonds is 4. The Balaban J connectivity index is 1.37. The Morgan fingerprint density at radius 1 is 1.37 bits per heavy atom. The highest BCUT2D eigenvalue weighted by Gasteiger charge is 2.49. The summed E-state index contributed by atoms with van der Waals surface area (Å²) in [4.78, 5) is 36.9. The molecule has 1 N–H and O–H groups in total. The molecule has 1 fully saturated rings. The fourth-order valence-electron chi connectivity index (χ4n) is 4.03. The van der Waals surface area contributed by atoms with E-state index in [0.717, 1.165) is 24.8 Å². The number of nitrogens with zero attached hydrogens (tertiary/aromatic N) is 3. The Morgan fingerprint density at radius 3 is 3.00 bits per heavy atom. The van der Waals surface area contributed by atoms with Crippen LogP contribution in [0.3, 0.4) is 0 Å². The maximum Gasteiger partial charge on any atom is 0.269 e. The van der Waals surface area contributed by atoms with Gasteiger partial charge in [0.2, 0.25) is 5.91 Å². The molecule has 0 radical (unpaired) electrons. The van der Waals surface area contributed by atoms with Crippen molar-refractivity contribution in [2.45, 2.75) is 38.8 Å². The lowest BCUT2D eigenvalue weighted by Crippen LogP contribution is -2.43. The summed E-state index contributed by atoms with van der Waals surface area (Å²) in [5.74, 6) is -0.252. The molecule has 3 atom stereocenters. The standard InChI is InChI=1S/C20H24N4O3/c1-20(7-3-2-4-8-20)19(26)24-12-15-16(13-24)27-23-17(15)18(25)22-11-14-6-5-9-21-10-14/h2-3,5-6,9-10,15-16H,4,7-8,11-13H2,1H3,(H,22,25)/t15-,16+,20?/m0/s1. The predicted octanol–water partition coefficient (Wildman–Crippen LogP) is 1.66. The first-order chi connectivity index (χ1) is 13.1. The van der Waals surface area contributed by atoms with Crippen molar-refractivity contribution in [3.63, 3.8) is 0 Å². The van der Waals surface area contributed by atoms with Crippen molar-refractivity contribution < 1.29 is 14.4 Å². The Labute approximate surface area is 158 Å². The van der Waals surface area contributed by atoms with Gasteiger partial charge in [0.05, 0.1) is 17.9 Å². The van der Waals surface area contributed by atoms with Crippen LogP contribution < -0.4 is 5.32 Å². The summed E-state index contributed by atoms with van der Waals surface area (Å²) >= 11 is 0. The molecule has 0 aromatic carbocycles. The van der Waals surface area contributed by atoms with E-state index in [1.807, 2.05) is 24.0 Å². The fraction of sp³-hybridized carbons (Fsp3) is 0.500. The summed E-state index contributed by atoms with van der Waals surface area (Å²) in [5, 5.41) is 6.86. The van der Waals surface area contributed by atoms with E-state index < -0.39 is 0 Å². The summed E-state index contributed by atoms with van der Waals surface area (Å²) in [5.41, 5.74) is 0.948. The van der Waals surface area contributed by atoms with E-state index in [2.05, 4.69) is 27.6 Å². The van der Waals surface area contributed by atoms with Crippen molar-refractivity contribution in [2.75, 3.05) is 13.1 Å². The third-order valence-electron chi connectivity index (χ3n) is 5.71. The van der Waals surface area contributed by atoms with Crippen LogP contribution in [0, 0.1) is 11.3 Å². The number of likely N-dealkylation sites (tertiary alicyclic amines) is 1. The van der Waals surface area contributed by atoms with Crippen LogP contribution in [0.4, 0.5) is 0 Å². The van der Waals surface area contributed by atoms with E-state index in [9.17, 15) is 9.59 Å². The zero-order chi connectivity index (χ0) is 18.9. The molecule has 3 heterocycles. The Hall–Kier alpha value is -2.70. The van der Waals surface area contributed by atoms with Crippen molar-refractivity contribution >= 4 is 17.5 Å². The second-order valence-corrected chi connectivity index (χ2v) is 7.76. The molecule has 4 rings (SSSR count). The zero-order valence-electron chi connectivity index (χ0n) is 15.4. The number of oxime groups is 1. The van der Waals surface area contributed by atoms with Gasteiger partial charge in [0, 0.05) is 25.5 Å². The third kappa shape index (κ3) is 3.46. The van der Waals surface area contributed by atoms with Crippen molar-refractivity contribution in [2.24, 2.45) is 16.5 Å². The second-order valence-electron chi connectivity index (χ2n) is 7.76. The van der Waals surface area contributed by atoms with E-state index in [0.29, 0.717) is 25.3 Å². The average molecular weight is 368 g/mol. The van der Waals surface area contributed by atoms with Crippen LogP contribution in [-0.4, -0.2) is 46.6 Å². The van der Waals surface area contributed by atoms with E-state index in [1.165, 1.54) is 0 Å². The molecule has 1 aromatic rings. The number of carbonyl (C=O) groups excluding carboxylic acids is 2. The topological polar surface area (TPSA) is 83.9 Å². The highest BCUT2D eigenvalue weighted by molar-refractivity contribution is 6.40. The first kappa shape index (κ1) is 17.7. The summed E-state index contributed by atoms with van der Waals surface area (Å²) in [7, 11) is 0. The molecule has 1 aromatic heterocycles. The molecule has 1 aliphatic carbocycles. The number of hydrogen-bond acceptors (Lipinski definition) is 5. The van der Waals surface area contributed by atoms with Crippen molar-refractivity contribution in [1.29, 1.82) is 0 Å². The molecule has 7 heteroatoms. The molecule has 3 aliphatic rings. The predicted molar refractivity (Wildman–Crippen MR) is 99.6 cm³/mol. The Bertz CT molecular complexity index is 792. The summed E-state index contributed by atoms with van der Waals surface area (Å²) in [6, 6.07) is 3.73. The minimum absolute atomic E-state index is 0.153. The van der Waals surface area contributed by atoms with Gasteiger partial charge in [-0.1, -0.05) is 30.3 Å². The Kier molecular flexibility index (Phi) is 4.68. The van der Waals surface area contributed by atoms with E-state index in [1.54, 1.807) is 12.4 Å².